The second kappa shape index (κ2) is 8.83. The Morgan fingerprint density at radius 2 is 1.87 bits per heavy atom. The van der Waals surface area contributed by atoms with Gasteiger partial charge in [-0.05, 0) is 72.2 Å². The molecule has 0 fully saturated rings. The van der Waals surface area contributed by atoms with E-state index >= 15 is 0 Å². The molecule has 4 aromatic rings. The summed E-state index contributed by atoms with van der Waals surface area (Å²) in [6, 6.07) is 13.9. The Kier molecular flexibility index (Phi) is 5.97. The largest absolute Gasteiger partial charge is 0.459 e. The van der Waals surface area contributed by atoms with Gasteiger partial charge in [-0.3, -0.25) is 9.59 Å². The summed E-state index contributed by atoms with van der Waals surface area (Å²) in [5, 5.41) is 6.21. The molecule has 2 amide bonds. The average molecular weight is 497 g/mol. The maximum absolute atomic E-state index is 12.8. The molecule has 9 heteroatoms. The molecule has 3 aromatic heterocycles. The van der Waals surface area contributed by atoms with E-state index in [1.54, 1.807) is 49.5 Å². The van der Waals surface area contributed by atoms with Crippen LogP contribution in [0.3, 0.4) is 0 Å². The Morgan fingerprint density at radius 1 is 1.03 bits per heavy atom. The summed E-state index contributed by atoms with van der Waals surface area (Å²) in [6.45, 7) is 3.63. The standard InChI is InChI=1S/C22H17BrN4O3S/c1-12-6-8-17(30-12)22-25-13(2)19(31-22)21(29)26-16-5-3-4-14(10-16)20(28)27-18-9-7-15(23)11-24-18/h3-11H,1-2H3,(H,26,29)(H,24,27,28). The fourth-order valence-corrected chi connectivity index (χ4v) is 3.98. The number of thiazole rings is 1. The highest BCUT2D eigenvalue weighted by Crippen LogP contribution is 2.30. The maximum atomic E-state index is 12.8. The van der Waals surface area contributed by atoms with E-state index in [-0.39, 0.29) is 11.8 Å². The van der Waals surface area contributed by atoms with Gasteiger partial charge in [0.15, 0.2) is 10.8 Å². The van der Waals surface area contributed by atoms with Gasteiger partial charge in [-0.1, -0.05) is 6.07 Å². The van der Waals surface area contributed by atoms with Gasteiger partial charge in [-0.15, -0.1) is 11.3 Å². The predicted octanol–water partition coefficient (Wildman–Crippen LogP) is 5.68. The van der Waals surface area contributed by atoms with Gasteiger partial charge in [0.05, 0.1) is 5.69 Å². The SMILES string of the molecule is Cc1ccc(-c2nc(C)c(C(=O)Nc3cccc(C(=O)Nc4ccc(Br)cn4)c3)s2)o1. The van der Waals surface area contributed by atoms with Crippen molar-refractivity contribution in [2.24, 2.45) is 0 Å². The number of rotatable bonds is 5. The van der Waals surface area contributed by atoms with E-state index in [4.69, 9.17) is 4.42 Å². The van der Waals surface area contributed by atoms with Gasteiger partial charge >= 0.3 is 0 Å². The van der Waals surface area contributed by atoms with E-state index < -0.39 is 0 Å². The summed E-state index contributed by atoms with van der Waals surface area (Å²) >= 11 is 4.56. The topological polar surface area (TPSA) is 97.1 Å². The van der Waals surface area contributed by atoms with Crippen LogP contribution in [0, 0.1) is 13.8 Å². The smallest absolute Gasteiger partial charge is 0.267 e. The molecule has 1 aromatic carbocycles. The lowest BCUT2D eigenvalue weighted by atomic mass is 10.2. The molecule has 0 saturated carbocycles. The fourth-order valence-electron chi connectivity index (χ4n) is 2.83. The quantitative estimate of drug-likeness (QED) is 0.370. The average Bonchev–Trinajstić information content (AvgIpc) is 3.35. The number of aromatic nitrogens is 2. The molecule has 0 aliphatic rings. The Labute approximate surface area is 190 Å². The number of pyridine rings is 1. The second-order valence-electron chi connectivity index (χ2n) is 6.69. The third-order valence-corrected chi connectivity index (χ3v) is 5.95. The number of furan rings is 1. The van der Waals surface area contributed by atoms with E-state index in [0.717, 1.165) is 10.2 Å². The van der Waals surface area contributed by atoms with Crippen LogP contribution in [-0.2, 0) is 0 Å². The van der Waals surface area contributed by atoms with Gasteiger partial charge in [-0.25, -0.2) is 9.97 Å². The Bertz CT molecular complexity index is 1260. The Hall–Kier alpha value is -3.30. The van der Waals surface area contributed by atoms with E-state index in [9.17, 15) is 9.59 Å². The minimum atomic E-state index is -0.324. The van der Waals surface area contributed by atoms with Crippen LogP contribution in [0.4, 0.5) is 11.5 Å². The minimum absolute atomic E-state index is 0.295. The normalized spacial score (nSPS) is 10.7. The van der Waals surface area contributed by atoms with Crippen molar-refractivity contribution in [1.29, 1.82) is 0 Å². The third-order valence-electron chi connectivity index (χ3n) is 4.31. The molecule has 0 atom stereocenters. The van der Waals surface area contributed by atoms with Crippen molar-refractivity contribution >= 4 is 50.6 Å². The number of benzene rings is 1. The van der Waals surface area contributed by atoms with Crippen LogP contribution in [-0.4, -0.2) is 21.8 Å². The van der Waals surface area contributed by atoms with Gasteiger partial charge in [-0.2, -0.15) is 0 Å². The summed E-state index contributed by atoms with van der Waals surface area (Å²) < 4.78 is 6.42. The molecule has 156 valence electrons. The zero-order chi connectivity index (χ0) is 22.0. The monoisotopic (exact) mass is 496 g/mol. The third kappa shape index (κ3) is 4.89. The summed E-state index contributed by atoms with van der Waals surface area (Å²) in [4.78, 5) is 34.4. The zero-order valence-corrected chi connectivity index (χ0v) is 19.0. The molecule has 0 bridgehead atoms. The highest BCUT2D eigenvalue weighted by molar-refractivity contribution is 9.10. The number of amides is 2. The van der Waals surface area contributed by atoms with Crippen molar-refractivity contribution < 1.29 is 14.0 Å². The number of carbonyl (C=O) groups excluding carboxylic acids is 2. The maximum Gasteiger partial charge on any atom is 0.267 e. The molecule has 0 radical (unpaired) electrons. The molecular formula is C22H17BrN4O3S. The number of hydrogen-bond donors (Lipinski definition) is 2. The first-order valence-corrected chi connectivity index (χ1v) is 10.9. The molecular weight excluding hydrogens is 480 g/mol. The van der Waals surface area contributed by atoms with Gasteiger partial charge in [0.2, 0.25) is 0 Å². The van der Waals surface area contributed by atoms with E-state index in [1.165, 1.54) is 11.3 Å². The number of hydrogen-bond acceptors (Lipinski definition) is 6. The Morgan fingerprint density at radius 3 is 2.58 bits per heavy atom. The Balaban J connectivity index is 1.48. The van der Waals surface area contributed by atoms with Gasteiger partial charge in [0, 0.05) is 21.9 Å². The minimum Gasteiger partial charge on any atom is -0.459 e. The first-order valence-electron chi connectivity index (χ1n) is 9.27. The number of anilines is 2. The molecule has 7 nitrogen and oxygen atoms in total. The van der Waals surface area contributed by atoms with Crippen LogP contribution in [0.5, 0.6) is 0 Å². The molecule has 0 unspecified atom stereocenters. The highest BCUT2D eigenvalue weighted by Gasteiger charge is 2.18. The molecule has 0 saturated heterocycles. The molecule has 3 heterocycles. The van der Waals surface area contributed by atoms with Crippen molar-refractivity contribution in [3.05, 3.63) is 81.1 Å². The number of aryl methyl sites for hydroxylation is 2. The fraction of sp³-hybridized carbons (Fsp3) is 0.0909. The van der Waals surface area contributed by atoms with Gasteiger partial charge < -0.3 is 15.1 Å². The van der Waals surface area contributed by atoms with Gasteiger partial charge in [0.1, 0.15) is 16.5 Å². The number of nitrogens with one attached hydrogen (secondary N) is 2. The van der Waals surface area contributed by atoms with Crippen LogP contribution < -0.4 is 10.6 Å². The van der Waals surface area contributed by atoms with Crippen LogP contribution in [0.25, 0.3) is 10.8 Å². The lowest BCUT2D eigenvalue weighted by molar-refractivity contribution is 0.101. The van der Waals surface area contributed by atoms with Crippen LogP contribution in [0.1, 0.15) is 31.5 Å². The summed E-state index contributed by atoms with van der Waals surface area (Å²) in [5.74, 6) is 1.22. The second-order valence-corrected chi connectivity index (χ2v) is 8.61. The number of carbonyl (C=O) groups is 2. The van der Waals surface area contributed by atoms with Crippen molar-refractivity contribution in [2.45, 2.75) is 13.8 Å². The van der Waals surface area contributed by atoms with E-state index in [2.05, 4.69) is 36.5 Å². The molecule has 31 heavy (non-hydrogen) atoms. The molecule has 0 aliphatic heterocycles. The van der Waals surface area contributed by atoms with Gasteiger partial charge in [0.25, 0.3) is 11.8 Å². The van der Waals surface area contributed by atoms with Crippen molar-refractivity contribution in [3.8, 4) is 10.8 Å². The summed E-state index contributed by atoms with van der Waals surface area (Å²) in [7, 11) is 0. The molecule has 0 aliphatic carbocycles. The van der Waals surface area contributed by atoms with Crippen molar-refractivity contribution in [2.75, 3.05) is 10.6 Å². The molecule has 2 N–H and O–H groups in total. The lowest BCUT2D eigenvalue weighted by Gasteiger charge is -2.08. The first-order chi connectivity index (χ1) is 14.9. The van der Waals surface area contributed by atoms with Crippen molar-refractivity contribution in [1.82, 2.24) is 9.97 Å². The first kappa shape index (κ1) is 21.0. The highest BCUT2D eigenvalue weighted by atomic mass is 79.9. The number of nitrogens with zero attached hydrogens (tertiary/aromatic N) is 2. The van der Waals surface area contributed by atoms with Crippen molar-refractivity contribution in [3.63, 3.8) is 0 Å². The molecule has 4 rings (SSSR count). The summed E-state index contributed by atoms with van der Waals surface area (Å²) in [6.07, 6.45) is 1.60. The van der Waals surface area contributed by atoms with Crippen LogP contribution >= 0.6 is 27.3 Å². The molecule has 0 spiro atoms. The van der Waals surface area contributed by atoms with E-state index in [0.29, 0.717) is 38.4 Å². The van der Waals surface area contributed by atoms with E-state index in [1.807, 2.05) is 19.1 Å². The summed E-state index contributed by atoms with van der Waals surface area (Å²) in [5.41, 5.74) is 1.52. The van der Waals surface area contributed by atoms with Crippen LogP contribution in [0.15, 0.2) is 63.6 Å². The number of halogens is 1. The zero-order valence-electron chi connectivity index (χ0n) is 16.6. The lowest BCUT2D eigenvalue weighted by Crippen LogP contribution is -2.15. The van der Waals surface area contributed by atoms with Crippen LogP contribution in [0.2, 0.25) is 0 Å². The predicted molar refractivity (Wildman–Crippen MR) is 124 cm³/mol.